The molecule has 32 heavy (non-hydrogen) atoms. The summed E-state index contributed by atoms with van der Waals surface area (Å²) in [5, 5.41) is 2.19. The Balaban J connectivity index is 1.21. The minimum absolute atomic E-state index is 0.166. The molecule has 4 rings (SSSR count). The Morgan fingerprint density at radius 1 is 0.906 bits per heavy atom. The lowest BCUT2D eigenvalue weighted by Gasteiger charge is -2.34. The lowest BCUT2D eigenvalue weighted by Crippen LogP contribution is -2.46. The van der Waals surface area contributed by atoms with E-state index in [1.165, 1.54) is 5.56 Å². The van der Waals surface area contributed by atoms with Crippen molar-refractivity contribution < 1.29 is 14.3 Å². The van der Waals surface area contributed by atoms with Gasteiger partial charge in [0.25, 0.3) is 0 Å². The number of ether oxygens (including phenoxy) is 2. The number of esters is 1. The Hall–Kier alpha value is -2.89. The first-order valence-electron chi connectivity index (χ1n) is 11.4. The number of benzene rings is 3. The quantitative estimate of drug-likeness (QED) is 0.496. The first-order chi connectivity index (χ1) is 15.6. The van der Waals surface area contributed by atoms with Crippen LogP contribution in [0.4, 0.5) is 0 Å². The maximum atomic E-state index is 12.6. The fourth-order valence-electron chi connectivity index (χ4n) is 4.19. The van der Waals surface area contributed by atoms with Gasteiger partial charge in [-0.05, 0) is 41.0 Å². The van der Waals surface area contributed by atoms with E-state index in [0.29, 0.717) is 6.61 Å². The Morgan fingerprint density at radius 3 is 2.34 bits per heavy atom. The van der Waals surface area contributed by atoms with E-state index in [2.05, 4.69) is 46.2 Å². The summed E-state index contributed by atoms with van der Waals surface area (Å²) in [4.78, 5) is 17.5. The molecule has 0 aliphatic carbocycles. The van der Waals surface area contributed by atoms with Crippen molar-refractivity contribution in [2.75, 3.05) is 46.4 Å². The summed E-state index contributed by atoms with van der Waals surface area (Å²) in [6.45, 7) is 8.24. The van der Waals surface area contributed by atoms with Gasteiger partial charge in [-0.3, -0.25) is 14.6 Å². The molecule has 1 heterocycles. The summed E-state index contributed by atoms with van der Waals surface area (Å²) in [7, 11) is 1.66. The highest BCUT2D eigenvalue weighted by Gasteiger charge is 2.20. The molecule has 0 unspecified atom stereocenters. The Labute approximate surface area is 190 Å². The summed E-state index contributed by atoms with van der Waals surface area (Å²) < 4.78 is 10.9. The second-order valence-electron chi connectivity index (χ2n) is 8.47. The monoisotopic (exact) mass is 432 g/mol. The van der Waals surface area contributed by atoms with Gasteiger partial charge in [-0.2, -0.15) is 0 Å². The third-order valence-corrected chi connectivity index (χ3v) is 6.29. The highest BCUT2D eigenvalue weighted by atomic mass is 16.5. The minimum Gasteiger partial charge on any atom is -0.497 e. The molecule has 1 atom stereocenters. The lowest BCUT2D eigenvalue weighted by atomic mass is 9.98. The topological polar surface area (TPSA) is 42.0 Å². The van der Waals surface area contributed by atoms with Crippen LogP contribution in [-0.4, -0.2) is 62.2 Å². The maximum absolute atomic E-state index is 12.6. The largest absolute Gasteiger partial charge is 0.497 e. The number of piperazine rings is 1. The molecule has 0 saturated carbocycles. The van der Waals surface area contributed by atoms with Crippen LogP contribution in [0.2, 0.25) is 0 Å². The molecule has 0 spiro atoms. The Morgan fingerprint density at radius 2 is 1.59 bits per heavy atom. The van der Waals surface area contributed by atoms with Gasteiger partial charge in [-0.15, -0.1) is 0 Å². The van der Waals surface area contributed by atoms with Crippen LogP contribution in [0.3, 0.4) is 0 Å². The van der Waals surface area contributed by atoms with Crippen molar-refractivity contribution in [3.63, 3.8) is 0 Å². The van der Waals surface area contributed by atoms with Crippen LogP contribution in [0, 0.1) is 0 Å². The molecule has 0 aromatic heterocycles. The summed E-state index contributed by atoms with van der Waals surface area (Å²) in [5.74, 6) is 0.378. The molecule has 1 saturated heterocycles. The number of carbonyl (C=O) groups excluding carboxylic acids is 1. The van der Waals surface area contributed by atoms with Gasteiger partial charge in [0, 0.05) is 39.3 Å². The van der Waals surface area contributed by atoms with Crippen molar-refractivity contribution in [3.05, 3.63) is 77.9 Å². The van der Waals surface area contributed by atoms with Crippen molar-refractivity contribution in [2.45, 2.75) is 19.4 Å². The van der Waals surface area contributed by atoms with Crippen LogP contribution in [0.25, 0.3) is 10.8 Å². The molecule has 1 aliphatic rings. The number of carbonyl (C=O) groups is 1. The van der Waals surface area contributed by atoms with Gasteiger partial charge < -0.3 is 9.47 Å². The molecular formula is C27H32N2O3. The zero-order valence-corrected chi connectivity index (χ0v) is 19.0. The molecule has 0 bridgehead atoms. The molecule has 1 aliphatic heterocycles. The first kappa shape index (κ1) is 22.3. The van der Waals surface area contributed by atoms with Gasteiger partial charge in [0.2, 0.25) is 0 Å². The highest BCUT2D eigenvalue weighted by Crippen LogP contribution is 2.25. The molecule has 5 heteroatoms. The van der Waals surface area contributed by atoms with Gasteiger partial charge >= 0.3 is 5.97 Å². The van der Waals surface area contributed by atoms with E-state index in [0.717, 1.165) is 61.4 Å². The summed E-state index contributed by atoms with van der Waals surface area (Å²) in [6, 6.07) is 22.7. The first-order valence-corrected chi connectivity index (χ1v) is 11.4. The average molecular weight is 433 g/mol. The molecule has 1 fully saturated rings. The van der Waals surface area contributed by atoms with Crippen LogP contribution in [0.5, 0.6) is 5.75 Å². The number of nitrogens with zero attached hydrogens (tertiary/aromatic N) is 2. The lowest BCUT2D eigenvalue weighted by molar-refractivity contribution is -0.145. The smallest absolute Gasteiger partial charge is 0.313 e. The number of fused-ring (bicyclic) bond motifs is 1. The van der Waals surface area contributed by atoms with Crippen LogP contribution in [-0.2, 0) is 16.1 Å². The number of hydrogen-bond donors (Lipinski definition) is 0. The van der Waals surface area contributed by atoms with E-state index in [1.54, 1.807) is 7.11 Å². The molecule has 0 radical (unpaired) electrons. The zero-order valence-electron chi connectivity index (χ0n) is 19.0. The summed E-state index contributed by atoms with van der Waals surface area (Å²) in [6.07, 6.45) is 0. The van der Waals surface area contributed by atoms with Gasteiger partial charge in [-0.1, -0.05) is 54.6 Å². The van der Waals surface area contributed by atoms with E-state index in [-0.39, 0.29) is 11.9 Å². The number of rotatable bonds is 8. The van der Waals surface area contributed by atoms with Gasteiger partial charge in [0.15, 0.2) is 0 Å². The molecule has 3 aromatic carbocycles. The second-order valence-corrected chi connectivity index (χ2v) is 8.47. The summed E-state index contributed by atoms with van der Waals surface area (Å²) in [5.41, 5.74) is 2.33. The maximum Gasteiger partial charge on any atom is 0.313 e. The third-order valence-electron chi connectivity index (χ3n) is 6.29. The molecule has 168 valence electrons. The van der Waals surface area contributed by atoms with E-state index in [1.807, 2.05) is 37.3 Å². The molecule has 0 N–H and O–H groups in total. The summed E-state index contributed by atoms with van der Waals surface area (Å²) >= 11 is 0. The van der Waals surface area contributed by atoms with Crippen LogP contribution in [0.15, 0.2) is 66.7 Å². The fourth-order valence-corrected chi connectivity index (χ4v) is 4.19. The molecule has 5 nitrogen and oxygen atoms in total. The van der Waals surface area contributed by atoms with Crippen molar-refractivity contribution in [2.24, 2.45) is 0 Å². The Bertz CT molecular complexity index is 1030. The number of methoxy groups -OCH3 is 1. The predicted molar refractivity (Wildman–Crippen MR) is 128 cm³/mol. The third kappa shape index (κ3) is 5.67. The second kappa shape index (κ2) is 10.6. The predicted octanol–water partition coefficient (Wildman–Crippen LogP) is 4.31. The molecular weight excluding hydrogens is 400 g/mol. The molecule has 0 amide bonds. The van der Waals surface area contributed by atoms with Crippen LogP contribution in [0.1, 0.15) is 24.0 Å². The van der Waals surface area contributed by atoms with Crippen LogP contribution >= 0.6 is 0 Å². The van der Waals surface area contributed by atoms with Gasteiger partial charge in [0.05, 0.1) is 13.0 Å². The van der Waals surface area contributed by atoms with Crippen LogP contribution < -0.4 is 4.74 Å². The number of hydrogen-bond acceptors (Lipinski definition) is 5. The fraction of sp³-hybridized carbons (Fsp3) is 0.370. The standard InChI is InChI=1S/C27H32N2O3/c1-21(23-8-9-25-19-26(31-2)11-10-24(25)18-23)27(30)32-17-16-28-12-14-29(15-13-28)20-22-6-4-3-5-7-22/h3-11,18-19,21H,12-17,20H2,1-2H3/t21-/m0/s1. The van der Waals surface area contributed by atoms with E-state index in [9.17, 15) is 4.79 Å². The van der Waals surface area contributed by atoms with Crippen molar-refractivity contribution >= 4 is 16.7 Å². The molecule has 3 aromatic rings. The average Bonchev–Trinajstić information content (AvgIpc) is 2.84. The van der Waals surface area contributed by atoms with Gasteiger partial charge in [-0.25, -0.2) is 0 Å². The van der Waals surface area contributed by atoms with Crippen molar-refractivity contribution in [1.29, 1.82) is 0 Å². The highest BCUT2D eigenvalue weighted by molar-refractivity contribution is 5.86. The minimum atomic E-state index is -0.288. The normalized spacial score (nSPS) is 16.1. The van der Waals surface area contributed by atoms with Gasteiger partial charge in [0.1, 0.15) is 12.4 Å². The Kier molecular flexibility index (Phi) is 7.40. The SMILES string of the molecule is COc1ccc2cc([C@H](C)C(=O)OCCN3CCN(Cc4ccccc4)CC3)ccc2c1. The van der Waals surface area contributed by atoms with E-state index < -0.39 is 0 Å². The zero-order chi connectivity index (χ0) is 22.3. The van der Waals surface area contributed by atoms with E-state index >= 15 is 0 Å². The van der Waals surface area contributed by atoms with Crippen molar-refractivity contribution in [1.82, 2.24) is 9.80 Å². The van der Waals surface area contributed by atoms with Crippen molar-refractivity contribution in [3.8, 4) is 5.75 Å². The van der Waals surface area contributed by atoms with E-state index in [4.69, 9.17) is 9.47 Å².